The fourth-order valence-electron chi connectivity index (χ4n) is 4.55. The molecule has 5 rings (SSSR count). The van der Waals surface area contributed by atoms with Crippen LogP contribution in [0.5, 0.6) is 0 Å². The summed E-state index contributed by atoms with van der Waals surface area (Å²) in [5.41, 5.74) is 2.42. The van der Waals surface area contributed by atoms with Crippen molar-refractivity contribution in [1.82, 2.24) is 24.7 Å². The van der Waals surface area contributed by atoms with E-state index in [0.29, 0.717) is 36.0 Å². The third-order valence-electron chi connectivity index (χ3n) is 6.48. The number of benzene rings is 1. The van der Waals surface area contributed by atoms with Gasteiger partial charge in [-0.25, -0.2) is 18.7 Å². The second-order valence-corrected chi connectivity index (χ2v) is 8.92. The van der Waals surface area contributed by atoms with Crippen molar-refractivity contribution in [3.63, 3.8) is 0 Å². The number of pyridine rings is 1. The van der Waals surface area contributed by atoms with E-state index >= 15 is 0 Å². The average Bonchev–Trinajstić information content (AvgIpc) is 3.29. The number of carbonyl (C=O) groups excluding carboxylic acids is 1. The molecule has 7 nitrogen and oxygen atoms in total. The van der Waals surface area contributed by atoms with E-state index in [-0.39, 0.29) is 24.1 Å². The molecule has 0 saturated carbocycles. The van der Waals surface area contributed by atoms with Crippen LogP contribution in [0.25, 0.3) is 22.6 Å². The van der Waals surface area contributed by atoms with Gasteiger partial charge in [0.05, 0.1) is 23.3 Å². The molecule has 0 N–H and O–H groups in total. The molecule has 0 radical (unpaired) electrons. The van der Waals surface area contributed by atoms with Crippen molar-refractivity contribution >= 4 is 11.7 Å². The van der Waals surface area contributed by atoms with Crippen LogP contribution in [-0.2, 0) is 11.3 Å². The van der Waals surface area contributed by atoms with Gasteiger partial charge in [-0.15, -0.1) is 0 Å². The molecule has 1 fully saturated rings. The van der Waals surface area contributed by atoms with E-state index in [0.717, 1.165) is 37.6 Å². The zero-order valence-corrected chi connectivity index (χ0v) is 19.7. The summed E-state index contributed by atoms with van der Waals surface area (Å²) < 4.78 is 28.6. The molecule has 0 spiro atoms. The fraction of sp³-hybridized carbons (Fsp3) is 0.296. The van der Waals surface area contributed by atoms with E-state index in [1.165, 1.54) is 18.2 Å². The lowest BCUT2D eigenvalue weighted by molar-refractivity contribution is -0.124. The van der Waals surface area contributed by atoms with Crippen molar-refractivity contribution < 1.29 is 13.6 Å². The van der Waals surface area contributed by atoms with E-state index < -0.39 is 5.82 Å². The highest BCUT2D eigenvalue weighted by Crippen LogP contribution is 2.27. The van der Waals surface area contributed by atoms with Gasteiger partial charge in [0, 0.05) is 37.0 Å². The molecule has 9 heteroatoms. The minimum absolute atomic E-state index is 0.0715. The van der Waals surface area contributed by atoms with Crippen LogP contribution in [-0.4, -0.2) is 43.6 Å². The lowest BCUT2D eigenvalue weighted by Gasteiger charge is -2.28. The molecule has 0 bridgehead atoms. The molecule has 36 heavy (non-hydrogen) atoms. The van der Waals surface area contributed by atoms with Crippen molar-refractivity contribution in [2.24, 2.45) is 5.92 Å². The first-order valence-corrected chi connectivity index (χ1v) is 12.1. The van der Waals surface area contributed by atoms with Gasteiger partial charge in [-0.1, -0.05) is 6.42 Å². The van der Waals surface area contributed by atoms with Gasteiger partial charge in [-0.2, -0.15) is 5.10 Å². The normalized spacial score (nSPS) is 16.4. The first-order valence-electron chi connectivity index (χ1n) is 12.1. The van der Waals surface area contributed by atoms with E-state index in [1.54, 1.807) is 47.4 Å². The minimum Gasteiger partial charge on any atom is -0.341 e. The number of ketones is 1. The van der Waals surface area contributed by atoms with Crippen LogP contribution in [0.1, 0.15) is 25.7 Å². The lowest BCUT2D eigenvalue weighted by atomic mass is 9.92. The molecule has 1 atom stereocenters. The van der Waals surface area contributed by atoms with Crippen LogP contribution >= 0.6 is 0 Å². The highest BCUT2D eigenvalue weighted by Gasteiger charge is 2.24. The molecule has 0 aliphatic carbocycles. The number of anilines is 1. The molecule has 4 aromatic rings. The van der Waals surface area contributed by atoms with Gasteiger partial charge >= 0.3 is 0 Å². The number of nitrogens with zero attached hydrogens (tertiary/aromatic N) is 6. The van der Waals surface area contributed by atoms with E-state index in [2.05, 4.69) is 25.0 Å². The van der Waals surface area contributed by atoms with Gasteiger partial charge in [-0.3, -0.25) is 14.5 Å². The summed E-state index contributed by atoms with van der Waals surface area (Å²) >= 11 is 0. The predicted octanol–water partition coefficient (Wildman–Crippen LogP) is 4.95. The summed E-state index contributed by atoms with van der Waals surface area (Å²) in [6.45, 7) is 1.64. The Morgan fingerprint density at radius 1 is 0.889 bits per heavy atom. The Morgan fingerprint density at radius 3 is 2.42 bits per heavy atom. The molecule has 1 aliphatic rings. The summed E-state index contributed by atoms with van der Waals surface area (Å²) in [4.78, 5) is 28.5. The molecule has 3 aromatic heterocycles. The topological polar surface area (TPSA) is 76.8 Å². The standard InChI is InChI=1S/C27H26F2N6O/c28-21-7-5-19(6-8-21)24-16-25(23-10-9-22(29)17-32-23)35(33-24)18-26(36)20-4-1-2-14-34(15-11-20)27-30-12-3-13-31-27/h3,5-10,12-13,16-17,20H,1-2,4,11,14-15,18H2. The zero-order valence-electron chi connectivity index (χ0n) is 19.7. The third kappa shape index (κ3) is 5.45. The molecule has 0 amide bonds. The molecule has 1 aromatic carbocycles. The highest BCUT2D eigenvalue weighted by atomic mass is 19.1. The molecular formula is C27H26F2N6O. The Bertz CT molecular complexity index is 1310. The van der Waals surface area contributed by atoms with Crippen molar-refractivity contribution in [2.45, 2.75) is 32.2 Å². The monoisotopic (exact) mass is 488 g/mol. The van der Waals surface area contributed by atoms with Crippen LogP contribution in [0, 0.1) is 17.6 Å². The van der Waals surface area contributed by atoms with Gasteiger partial charge in [0.25, 0.3) is 0 Å². The van der Waals surface area contributed by atoms with Crippen molar-refractivity contribution in [1.29, 1.82) is 0 Å². The number of carbonyl (C=O) groups is 1. The predicted molar refractivity (Wildman–Crippen MR) is 132 cm³/mol. The number of hydrogen-bond donors (Lipinski definition) is 0. The molecule has 1 unspecified atom stereocenters. The fourth-order valence-corrected chi connectivity index (χ4v) is 4.55. The summed E-state index contributed by atoms with van der Waals surface area (Å²) in [5, 5.41) is 4.66. The van der Waals surface area contributed by atoms with Crippen LogP contribution in [0.15, 0.2) is 67.1 Å². The molecule has 1 saturated heterocycles. The maximum absolute atomic E-state index is 13.5. The zero-order chi connectivity index (χ0) is 24.9. The minimum atomic E-state index is -0.443. The Balaban J connectivity index is 1.38. The number of halogens is 2. The maximum atomic E-state index is 13.5. The number of rotatable bonds is 6. The largest absolute Gasteiger partial charge is 0.341 e. The number of aromatic nitrogens is 5. The van der Waals surface area contributed by atoms with Crippen LogP contribution < -0.4 is 4.90 Å². The molecule has 4 heterocycles. The summed E-state index contributed by atoms with van der Waals surface area (Å²) in [7, 11) is 0. The van der Waals surface area contributed by atoms with Crippen LogP contribution in [0.4, 0.5) is 14.7 Å². The summed E-state index contributed by atoms with van der Waals surface area (Å²) in [6.07, 6.45) is 8.01. The first-order chi connectivity index (χ1) is 17.6. The number of hydrogen-bond acceptors (Lipinski definition) is 6. The Morgan fingerprint density at radius 2 is 1.67 bits per heavy atom. The van der Waals surface area contributed by atoms with Gasteiger partial charge in [0.1, 0.15) is 18.2 Å². The smallest absolute Gasteiger partial charge is 0.225 e. The molecular weight excluding hydrogens is 462 g/mol. The SMILES string of the molecule is O=C(Cn1nc(-c2ccc(F)cc2)cc1-c1ccc(F)cn1)C1CCCCN(c2ncccn2)CC1. The van der Waals surface area contributed by atoms with Crippen LogP contribution in [0.2, 0.25) is 0 Å². The highest BCUT2D eigenvalue weighted by molar-refractivity contribution is 5.81. The van der Waals surface area contributed by atoms with Gasteiger partial charge in [0.15, 0.2) is 5.78 Å². The maximum Gasteiger partial charge on any atom is 0.225 e. The van der Waals surface area contributed by atoms with E-state index in [9.17, 15) is 13.6 Å². The Labute approximate surface area is 207 Å². The second kappa shape index (κ2) is 10.7. The van der Waals surface area contributed by atoms with Crippen molar-refractivity contribution in [2.75, 3.05) is 18.0 Å². The quantitative estimate of drug-likeness (QED) is 0.382. The second-order valence-electron chi connectivity index (χ2n) is 8.92. The van der Waals surface area contributed by atoms with Gasteiger partial charge in [0.2, 0.25) is 5.95 Å². The van der Waals surface area contributed by atoms with E-state index in [1.807, 2.05) is 0 Å². The van der Waals surface area contributed by atoms with Gasteiger partial charge < -0.3 is 4.90 Å². The Kier molecular flexibility index (Phi) is 7.06. The summed E-state index contributed by atoms with van der Waals surface area (Å²) in [5.74, 6) is -0.132. The van der Waals surface area contributed by atoms with Crippen molar-refractivity contribution in [3.8, 4) is 22.6 Å². The first kappa shape index (κ1) is 23.7. The average molecular weight is 489 g/mol. The third-order valence-corrected chi connectivity index (χ3v) is 6.48. The molecule has 184 valence electrons. The van der Waals surface area contributed by atoms with Gasteiger partial charge in [-0.05, 0) is 67.8 Å². The van der Waals surface area contributed by atoms with Crippen molar-refractivity contribution in [3.05, 3.63) is 78.8 Å². The van der Waals surface area contributed by atoms with Crippen LogP contribution in [0.3, 0.4) is 0 Å². The Hall–Kier alpha value is -4.01. The lowest BCUT2D eigenvalue weighted by Crippen LogP contribution is -2.33. The number of Topliss-reactive ketones (excluding diaryl/α,β-unsaturated/α-hetero) is 1. The molecule has 1 aliphatic heterocycles. The summed E-state index contributed by atoms with van der Waals surface area (Å²) in [6, 6.07) is 12.5. The van der Waals surface area contributed by atoms with E-state index in [4.69, 9.17) is 0 Å².